The van der Waals surface area contributed by atoms with Gasteiger partial charge in [-0.2, -0.15) is 0 Å². The first-order chi connectivity index (χ1) is 8.43. The number of hydrogen-bond donors (Lipinski definition) is 0. The molecule has 1 aromatic heterocycles. The van der Waals surface area contributed by atoms with Gasteiger partial charge in [-0.1, -0.05) is 18.2 Å². The minimum atomic E-state index is 0.558. The van der Waals surface area contributed by atoms with E-state index in [0.717, 1.165) is 22.4 Å². The Labute approximate surface area is 96.1 Å². The van der Waals surface area contributed by atoms with E-state index in [1.165, 1.54) is 0 Å². The Balaban J connectivity index is 2.28. The smallest absolute Gasteiger partial charge is 0.255 e. The zero-order chi connectivity index (χ0) is 11.2. The van der Waals surface area contributed by atoms with Gasteiger partial charge >= 0.3 is 0 Å². The molecule has 0 saturated heterocycles. The first-order valence-corrected chi connectivity index (χ1v) is 5.28. The summed E-state index contributed by atoms with van der Waals surface area (Å²) in [4.78, 5) is 8.71. The molecular weight excluding hydrogens is 214 g/mol. The molecule has 0 fully saturated rings. The van der Waals surface area contributed by atoms with E-state index in [1.807, 2.05) is 40.9 Å². The van der Waals surface area contributed by atoms with Crippen molar-refractivity contribution in [2.45, 2.75) is 0 Å². The highest BCUT2D eigenvalue weighted by Gasteiger charge is 2.16. The van der Waals surface area contributed by atoms with Crippen LogP contribution in [0.15, 0.2) is 42.7 Å². The van der Waals surface area contributed by atoms with Crippen LogP contribution in [0.5, 0.6) is 0 Å². The molecule has 3 heterocycles. The first kappa shape index (κ1) is 8.58. The van der Waals surface area contributed by atoms with Crippen molar-refractivity contribution in [1.29, 1.82) is 0 Å². The van der Waals surface area contributed by atoms with E-state index in [-0.39, 0.29) is 0 Å². The Kier molecular flexibility index (Phi) is 1.50. The molecule has 2 aliphatic rings. The summed E-state index contributed by atoms with van der Waals surface area (Å²) >= 11 is 0. The molecule has 80 valence electrons. The Morgan fingerprint density at radius 3 is 2.94 bits per heavy atom. The minimum absolute atomic E-state index is 0.558. The van der Waals surface area contributed by atoms with Crippen molar-refractivity contribution in [2.75, 3.05) is 0 Å². The largest absolute Gasteiger partial charge is 0.267 e. The maximum absolute atomic E-state index is 4.56. The summed E-state index contributed by atoms with van der Waals surface area (Å²) in [5, 5.41) is 9.32. The summed E-state index contributed by atoms with van der Waals surface area (Å²) < 4.78 is 1.85. The van der Waals surface area contributed by atoms with Crippen LogP contribution in [0.4, 0.5) is 0 Å². The summed E-state index contributed by atoms with van der Waals surface area (Å²) in [6, 6.07) is 9.77. The van der Waals surface area contributed by atoms with Crippen molar-refractivity contribution in [2.24, 2.45) is 0 Å². The molecule has 0 saturated carbocycles. The Morgan fingerprint density at radius 2 is 1.94 bits per heavy atom. The summed E-state index contributed by atoms with van der Waals surface area (Å²) in [5.74, 6) is 1.35. The van der Waals surface area contributed by atoms with Crippen molar-refractivity contribution in [1.82, 2.24) is 24.6 Å². The second-order valence-electron chi connectivity index (χ2n) is 3.79. The van der Waals surface area contributed by atoms with Crippen LogP contribution in [0.25, 0.3) is 28.2 Å². The molecule has 0 N–H and O–H groups in total. The van der Waals surface area contributed by atoms with Gasteiger partial charge in [0.2, 0.25) is 0 Å². The summed E-state index contributed by atoms with van der Waals surface area (Å²) in [6.45, 7) is 0. The molecule has 2 aliphatic heterocycles. The van der Waals surface area contributed by atoms with Crippen LogP contribution >= 0.6 is 0 Å². The molecule has 0 aliphatic carbocycles. The van der Waals surface area contributed by atoms with Crippen molar-refractivity contribution >= 4 is 16.7 Å². The van der Waals surface area contributed by atoms with Crippen LogP contribution in [0, 0.1) is 0 Å². The number of benzene rings is 1. The van der Waals surface area contributed by atoms with Gasteiger partial charge in [-0.3, -0.25) is 4.40 Å². The number of fused-ring (bicyclic) bond motifs is 5. The van der Waals surface area contributed by atoms with Crippen LogP contribution in [-0.4, -0.2) is 24.6 Å². The van der Waals surface area contributed by atoms with Gasteiger partial charge in [0.1, 0.15) is 5.69 Å². The van der Waals surface area contributed by atoms with Crippen LogP contribution in [0.2, 0.25) is 0 Å². The molecule has 0 amide bonds. The van der Waals surface area contributed by atoms with Gasteiger partial charge in [-0.05, 0) is 12.1 Å². The van der Waals surface area contributed by atoms with E-state index >= 15 is 0 Å². The molecule has 5 nitrogen and oxygen atoms in total. The van der Waals surface area contributed by atoms with Crippen LogP contribution < -0.4 is 0 Å². The molecule has 2 aromatic rings. The van der Waals surface area contributed by atoms with Crippen LogP contribution in [-0.2, 0) is 0 Å². The zero-order valence-corrected chi connectivity index (χ0v) is 8.78. The quantitative estimate of drug-likeness (QED) is 0.454. The van der Waals surface area contributed by atoms with Gasteiger partial charge < -0.3 is 0 Å². The molecule has 1 aromatic carbocycles. The lowest BCUT2D eigenvalue weighted by atomic mass is 10.2. The van der Waals surface area contributed by atoms with E-state index in [0.29, 0.717) is 5.78 Å². The number of hydrogen-bond acceptors (Lipinski definition) is 4. The SMILES string of the molecule is c1ccc2c3nnc4ncccn4c-3nc2c1. The van der Waals surface area contributed by atoms with Gasteiger partial charge in [0.05, 0.1) is 5.52 Å². The average molecular weight is 221 g/mol. The lowest BCUT2D eigenvalue weighted by Gasteiger charge is -2.02. The number of nitrogens with zero attached hydrogens (tertiary/aromatic N) is 5. The predicted molar refractivity (Wildman–Crippen MR) is 62.7 cm³/mol. The van der Waals surface area contributed by atoms with Gasteiger partial charge in [0.25, 0.3) is 5.78 Å². The molecule has 0 atom stereocenters. The standard InChI is InChI=1S/C12H7N5/c1-2-5-9-8(4-1)10-11(14-9)17-7-3-6-13-12(17)16-15-10/h1-7H. The predicted octanol–water partition coefficient (Wildman–Crippen LogP) is 1.78. The molecule has 0 radical (unpaired) electrons. The van der Waals surface area contributed by atoms with E-state index in [4.69, 9.17) is 0 Å². The normalized spacial score (nSPS) is 11.5. The van der Waals surface area contributed by atoms with E-state index < -0.39 is 0 Å². The third-order valence-corrected chi connectivity index (χ3v) is 2.79. The fourth-order valence-electron chi connectivity index (χ4n) is 2.02. The third-order valence-electron chi connectivity index (χ3n) is 2.79. The maximum Gasteiger partial charge on any atom is 0.255 e. The fourth-order valence-corrected chi connectivity index (χ4v) is 2.02. The van der Waals surface area contributed by atoms with Gasteiger partial charge in [0, 0.05) is 17.8 Å². The maximum atomic E-state index is 4.56. The van der Waals surface area contributed by atoms with Crippen molar-refractivity contribution in [3.8, 4) is 11.5 Å². The molecule has 4 rings (SSSR count). The molecule has 0 bridgehead atoms. The molecule has 17 heavy (non-hydrogen) atoms. The number of para-hydroxylation sites is 1. The summed E-state index contributed by atoms with van der Waals surface area (Å²) in [5.41, 5.74) is 1.74. The second kappa shape index (κ2) is 2.98. The summed E-state index contributed by atoms with van der Waals surface area (Å²) in [7, 11) is 0. The van der Waals surface area contributed by atoms with E-state index in [9.17, 15) is 0 Å². The Bertz CT molecular complexity index is 804. The zero-order valence-electron chi connectivity index (χ0n) is 8.78. The van der Waals surface area contributed by atoms with Crippen molar-refractivity contribution in [3.63, 3.8) is 0 Å². The highest BCUT2D eigenvalue weighted by Crippen LogP contribution is 2.27. The molecule has 0 unspecified atom stereocenters. The molecular formula is C12H7N5. The third kappa shape index (κ3) is 1.08. The van der Waals surface area contributed by atoms with E-state index in [2.05, 4.69) is 20.2 Å². The van der Waals surface area contributed by atoms with Gasteiger partial charge in [0.15, 0.2) is 5.82 Å². The minimum Gasteiger partial charge on any atom is -0.267 e. The Hall–Kier alpha value is -2.56. The lowest BCUT2D eigenvalue weighted by Crippen LogP contribution is -2.02. The van der Waals surface area contributed by atoms with Gasteiger partial charge in [-0.25, -0.2) is 9.97 Å². The van der Waals surface area contributed by atoms with Crippen molar-refractivity contribution in [3.05, 3.63) is 42.7 Å². The lowest BCUT2D eigenvalue weighted by molar-refractivity contribution is 0.929. The highest BCUT2D eigenvalue weighted by molar-refractivity contribution is 5.94. The highest BCUT2D eigenvalue weighted by atomic mass is 15.2. The van der Waals surface area contributed by atoms with Crippen molar-refractivity contribution < 1.29 is 0 Å². The monoisotopic (exact) mass is 221 g/mol. The average Bonchev–Trinajstić information content (AvgIpc) is 2.78. The van der Waals surface area contributed by atoms with Crippen LogP contribution in [0.1, 0.15) is 0 Å². The second-order valence-corrected chi connectivity index (χ2v) is 3.79. The Morgan fingerprint density at radius 1 is 1.00 bits per heavy atom. The summed E-state index contributed by atoms with van der Waals surface area (Å²) in [6.07, 6.45) is 3.59. The number of aromatic nitrogens is 5. The van der Waals surface area contributed by atoms with Gasteiger partial charge in [-0.15, -0.1) is 10.2 Å². The first-order valence-electron chi connectivity index (χ1n) is 5.28. The number of rotatable bonds is 0. The van der Waals surface area contributed by atoms with E-state index in [1.54, 1.807) is 6.20 Å². The van der Waals surface area contributed by atoms with Crippen LogP contribution in [0.3, 0.4) is 0 Å². The molecule has 0 spiro atoms. The molecule has 5 heteroatoms. The topological polar surface area (TPSA) is 56.0 Å². The fraction of sp³-hybridized carbons (Fsp3) is 0.